The van der Waals surface area contributed by atoms with Crippen molar-refractivity contribution in [3.8, 4) is 5.75 Å². The second-order valence-corrected chi connectivity index (χ2v) is 8.04. The lowest BCUT2D eigenvalue weighted by molar-refractivity contribution is -0.130. The molecule has 7 heteroatoms. The van der Waals surface area contributed by atoms with Crippen LogP contribution in [-0.4, -0.2) is 33.3 Å². The standard InChI is InChI=1S/C25H24N2O5/c1-16(2)15-32-19-8-3-7-18(12-19)22-21(23(28)20-9-5-11-31-20)24(29)25(30)27(22)14-17-6-4-10-26-13-17/h3-13,16,22,29H,14-15H2,1-2H3. The SMILES string of the molecule is CC(C)COc1cccc(C2C(C(=O)c3ccco3)=C(O)C(=O)N2Cc2cccnc2)c1. The maximum absolute atomic E-state index is 13.2. The zero-order chi connectivity index (χ0) is 22.7. The van der Waals surface area contributed by atoms with Crippen LogP contribution in [0.25, 0.3) is 0 Å². The van der Waals surface area contributed by atoms with Crippen molar-refractivity contribution in [1.29, 1.82) is 0 Å². The van der Waals surface area contributed by atoms with Gasteiger partial charge in [0.25, 0.3) is 5.91 Å². The van der Waals surface area contributed by atoms with E-state index in [1.54, 1.807) is 30.6 Å². The molecule has 0 saturated heterocycles. The molecule has 1 unspecified atom stereocenters. The third kappa shape index (κ3) is 4.27. The average molecular weight is 432 g/mol. The Morgan fingerprint density at radius 3 is 2.75 bits per heavy atom. The summed E-state index contributed by atoms with van der Waals surface area (Å²) in [6.07, 6.45) is 4.67. The molecule has 0 spiro atoms. The Morgan fingerprint density at radius 1 is 1.22 bits per heavy atom. The number of aromatic nitrogens is 1. The van der Waals surface area contributed by atoms with Crippen molar-refractivity contribution < 1.29 is 23.8 Å². The highest BCUT2D eigenvalue weighted by atomic mass is 16.5. The highest BCUT2D eigenvalue weighted by Gasteiger charge is 2.44. The fraction of sp³-hybridized carbons (Fsp3) is 0.240. The molecule has 2 aromatic heterocycles. The number of amides is 1. The van der Waals surface area contributed by atoms with Gasteiger partial charge in [0.2, 0.25) is 5.78 Å². The number of benzene rings is 1. The van der Waals surface area contributed by atoms with E-state index < -0.39 is 23.5 Å². The number of hydrogen-bond donors (Lipinski definition) is 1. The molecular formula is C25H24N2O5. The molecule has 164 valence electrons. The van der Waals surface area contributed by atoms with Crippen LogP contribution in [0.5, 0.6) is 5.75 Å². The molecule has 0 aliphatic carbocycles. The van der Waals surface area contributed by atoms with Crippen LogP contribution in [0.3, 0.4) is 0 Å². The van der Waals surface area contributed by atoms with Gasteiger partial charge in [-0.3, -0.25) is 14.6 Å². The molecule has 0 bridgehead atoms. The minimum atomic E-state index is -0.803. The molecule has 4 rings (SSSR count). The van der Waals surface area contributed by atoms with E-state index in [1.165, 1.54) is 17.2 Å². The second-order valence-electron chi connectivity index (χ2n) is 8.04. The minimum Gasteiger partial charge on any atom is -0.503 e. The average Bonchev–Trinajstić information content (AvgIpc) is 3.42. The summed E-state index contributed by atoms with van der Waals surface area (Å²) < 4.78 is 11.1. The molecule has 0 radical (unpaired) electrons. The van der Waals surface area contributed by atoms with Crippen molar-refractivity contribution in [2.24, 2.45) is 5.92 Å². The topological polar surface area (TPSA) is 92.9 Å². The number of aliphatic hydroxyl groups excluding tert-OH is 1. The summed E-state index contributed by atoms with van der Waals surface area (Å²) in [6.45, 7) is 4.81. The van der Waals surface area contributed by atoms with Gasteiger partial charge in [-0.05, 0) is 47.4 Å². The fourth-order valence-corrected chi connectivity index (χ4v) is 3.66. The third-order valence-electron chi connectivity index (χ3n) is 5.13. The summed E-state index contributed by atoms with van der Waals surface area (Å²) in [6, 6.07) is 13.1. The number of pyridine rings is 1. The normalized spacial score (nSPS) is 16.2. The van der Waals surface area contributed by atoms with E-state index in [9.17, 15) is 14.7 Å². The summed E-state index contributed by atoms with van der Waals surface area (Å²) in [5, 5.41) is 10.7. The predicted molar refractivity (Wildman–Crippen MR) is 117 cm³/mol. The predicted octanol–water partition coefficient (Wildman–Crippen LogP) is 4.49. The largest absolute Gasteiger partial charge is 0.503 e. The van der Waals surface area contributed by atoms with E-state index in [1.807, 2.05) is 24.3 Å². The Morgan fingerprint density at radius 2 is 2.06 bits per heavy atom. The van der Waals surface area contributed by atoms with Gasteiger partial charge in [0.05, 0.1) is 24.5 Å². The maximum Gasteiger partial charge on any atom is 0.290 e. The minimum absolute atomic E-state index is 0.0187. The molecule has 7 nitrogen and oxygen atoms in total. The van der Waals surface area contributed by atoms with Gasteiger partial charge in [-0.2, -0.15) is 0 Å². The smallest absolute Gasteiger partial charge is 0.290 e. The first-order chi connectivity index (χ1) is 15.5. The zero-order valence-electron chi connectivity index (χ0n) is 17.9. The number of carbonyl (C=O) groups excluding carboxylic acids is 2. The molecule has 1 amide bonds. The summed E-state index contributed by atoms with van der Waals surface area (Å²) >= 11 is 0. The Bertz CT molecular complexity index is 1140. The van der Waals surface area contributed by atoms with Crippen LogP contribution in [-0.2, 0) is 11.3 Å². The summed E-state index contributed by atoms with van der Waals surface area (Å²) in [5.74, 6) is -0.709. The Hall–Kier alpha value is -3.87. The van der Waals surface area contributed by atoms with Crippen LogP contribution >= 0.6 is 0 Å². The highest BCUT2D eigenvalue weighted by molar-refractivity contribution is 6.15. The van der Waals surface area contributed by atoms with Gasteiger partial charge in [0, 0.05) is 18.9 Å². The van der Waals surface area contributed by atoms with Gasteiger partial charge in [-0.1, -0.05) is 32.0 Å². The molecule has 1 aliphatic heterocycles. The van der Waals surface area contributed by atoms with Crippen molar-refractivity contribution in [2.45, 2.75) is 26.4 Å². The molecule has 1 N–H and O–H groups in total. The van der Waals surface area contributed by atoms with Crippen LogP contribution in [0.4, 0.5) is 0 Å². The van der Waals surface area contributed by atoms with Crippen molar-refractivity contribution in [3.63, 3.8) is 0 Å². The van der Waals surface area contributed by atoms with Crippen LogP contribution in [0.2, 0.25) is 0 Å². The Kier molecular flexibility index (Phi) is 6.07. The number of ether oxygens (including phenoxy) is 1. The number of carbonyl (C=O) groups is 2. The summed E-state index contributed by atoms with van der Waals surface area (Å²) in [5.41, 5.74) is 1.41. The zero-order valence-corrected chi connectivity index (χ0v) is 17.9. The first kappa shape index (κ1) is 21.4. The molecule has 0 saturated carbocycles. The van der Waals surface area contributed by atoms with E-state index in [-0.39, 0.29) is 17.9 Å². The number of aliphatic hydroxyl groups is 1. The van der Waals surface area contributed by atoms with E-state index in [0.29, 0.717) is 23.8 Å². The van der Waals surface area contributed by atoms with Gasteiger partial charge < -0.3 is 19.2 Å². The number of rotatable bonds is 8. The highest BCUT2D eigenvalue weighted by Crippen LogP contribution is 2.40. The van der Waals surface area contributed by atoms with Gasteiger partial charge in [0.1, 0.15) is 5.75 Å². The van der Waals surface area contributed by atoms with Crippen molar-refractivity contribution >= 4 is 11.7 Å². The van der Waals surface area contributed by atoms with E-state index >= 15 is 0 Å². The van der Waals surface area contributed by atoms with E-state index in [0.717, 1.165) is 5.56 Å². The monoisotopic (exact) mass is 432 g/mol. The number of ketones is 1. The molecule has 32 heavy (non-hydrogen) atoms. The lowest BCUT2D eigenvalue weighted by Crippen LogP contribution is -2.30. The van der Waals surface area contributed by atoms with Gasteiger partial charge >= 0.3 is 0 Å². The molecular weight excluding hydrogens is 408 g/mol. The van der Waals surface area contributed by atoms with E-state index in [4.69, 9.17) is 9.15 Å². The number of hydrogen-bond acceptors (Lipinski definition) is 6. The molecule has 1 atom stereocenters. The summed E-state index contributed by atoms with van der Waals surface area (Å²) in [4.78, 5) is 31.8. The maximum atomic E-state index is 13.2. The molecule has 1 aliphatic rings. The number of nitrogens with zero attached hydrogens (tertiary/aromatic N) is 2. The quantitative estimate of drug-likeness (QED) is 0.527. The lowest BCUT2D eigenvalue weighted by Gasteiger charge is -2.27. The van der Waals surface area contributed by atoms with Crippen LogP contribution < -0.4 is 4.74 Å². The van der Waals surface area contributed by atoms with Gasteiger partial charge in [0.15, 0.2) is 11.5 Å². The number of Topliss-reactive ketones (excluding diaryl/α,β-unsaturated/α-hetero) is 1. The molecule has 1 aromatic carbocycles. The van der Waals surface area contributed by atoms with Crippen molar-refractivity contribution in [1.82, 2.24) is 9.88 Å². The van der Waals surface area contributed by atoms with Crippen LogP contribution in [0.1, 0.15) is 41.6 Å². The van der Waals surface area contributed by atoms with Gasteiger partial charge in [-0.15, -0.1) is 0 Å². The summed E-state index contributed by atoms with van der Waals surface area (Å²) in [7, 11) is 0. The van der Waals surface area contributed by atoms with Crippen molar-refractivity contribution in [2.75, 3.05) is 6.61 Å². The molecule has 0 fully saturated rings. The van der Waals surface area contributed by atoms with Crippen molar-refractivity contribution in [3.05, 3.63) is 95.4 Å². The molecule has 3 heterocycles. The van der Waals surface area contributed by atoms with Gasteiger partial charge in [-0.25, -0.2) is 0 Å². The Labute approximate surface area is 186 Å². The lowest BCUT2D eigenvalue weighted by atomic mass is 9.94. The third-order valence-corrected chi connectivity index (χ3v) is 5.13. The molecule has 3 aromatic rings. The first-order valence-electron chi connectivity index (χ1n) is 10.4. The fourth-order valence-electron chi connectivity index (χ4n) is 3.66. The second kappa shape index (κ2) is 9.09. The first-order valence-corrected chi connectivity index (χ1v) is 10.4. The Balaban J connectivity index is 1.76. The van der Waals surface area contributed by atoms with E-state index in [2.05, 4.69) is 18.8 Å². The number of furan rings is 1. The van der Waals surface area contributed by atoms with Crippen LogP contribution in [0, 0.1) is 5.92 Å². The van der Waals surface area contributed by atoms with Crippen LogP contribution in [0.15, 0.2) is 82.9 Å².